The third-order valence-electron chi connectivity index (χ3n) is 8.68. The quantitative estimate of drug-likeness (QED) is 0.332. The number of benzene rings is 2. The van der Waals surface area contributed by atoms with Crippen molar-refractivity contribution < 1.29 is 19.1 Å². The molecule has 0 aliphatic heterocycles. The lowest BCUT2D eigenvalue weighted by molar-refractivity contribution is -0.157. The molecule has 1 N–H and O–H groups in total. The monoisotopic (exact) mass is 520 g/mol. The number of rotatable bonds is 7. The molecule has 3 aromatic rings. The van der Waals surface area contributed by atoms with Gasteiger partial charge in [0.1, 0.15) is 5.82 Å². The first-order valence-corrected chi connectivity index (χ1v) is 13.6. The van der Waals surface area contributed by atoms with Crippen LogP contribution in [0, 0.1) is 23.1 Å². The number of fused-ring (bicyclic) bond motifs is 1. The van der Waals surface area contributed by atoms with Gasteiger partial charge in [-0.2, -0.15) is 5.10 Å². The molecule has 0 amide bonds. The van der Waals surface area contributed by atoms with Gasteiger partial charge in [-0.05, 0) is 92.0 Å². The molecule has 3 aliphatic carbocycles. The van der Waals surface area contributed by atoms with E-state index in [2.05, 4.69) is 11.2 Å². The maximum Gasteiger partial charge on any atom is 0.306 e. The second kappa shape index (κ2) is 9.39. The SMILES string of the molecule is O=C(CC1CC2(C1)CC(C(=O)O)C2)c1ccc(Cl)c2cnn(Cc3ccc(C4=CCCCC4)c(F)c3)c12. The smallest absolute Gasteiger partial charge is 0.306 e. The molecule has 2 fully saturated rings. The van der Waals surface area contributed by atoms with Gasteiger partial charge in [-0.3, -0.25) is 14.3 Å². The van der Waals surface area contributed by atoms with E-state index < -0.39 is 5.97 Å². The number of hydrogen-bond donors (Lipinski definition) is 1. The number of carbonyl (C=O) groups is 2. The van der Waals surface area contributed by atoms with Gasteiger partial charge >= 0.3 is 5.97 Å². The fourth-order valence-corrected chi connectivity index (χ4v) is 7.06. The largest absolute Gasteiger partial charge is 0.481 e. The molecule has 192 valence electrons. The normalized spacial score (nSPS) is 25.0. The molecular formula is C30H30ClFN2O3. The van der Waals surface area contributed by atoms with Crippen molar-refractivity contribution in [2.24, 2.45) is 17.3 Å². The van der Waals surface area contributed by atoms with Crippen LogP contribution in [0.25, 0.3) is 16.5 Å². The number of allylic oxidation sites excluding steroid dienone is 2. The number of Topliss-reactive ketones (excluding diaryl/α,β-unsaturated/α-hetero) is 1. The van der Waals surface area contributed by atoms with Gasteiger partial charge < -0.3 is 5.11 Å². The van der Waals surface area contributed by atoms with Crippen molar-refractivity contribution >= 4 is 39.8 Å². The number of carboxylic acids is 1. The van der Waals surface area contributed by atoms with Crippen LogP contribution in [0.4, 0.5) is 4.39 Å². The number of carbonyl (C=O) groups excluding carboxylic acids is 1. The Kier molecular flexibility index (Phi) is 6.18. The molecule has 0 radical (unpaired) electrons. The minimum absolute atomic E-state index is 0.0446. The summed E-state index contributed by atoms with van der Waals surface area (Å²) in [7, 11) is 0. The number of carboxylic acid groups (broad SMARTS) is 1. The fourth-order valence-electron chi connectivity index (χ4n) is 6.86. The van der Waals surface area contributed by atoms with Crippen molar-refractivity contribution in [1.29, 1.82) is 0 Å². The first kappa shape index (κ1) is 24.4. The van der Waals surface area contributed by atoms with Gasteiger partial charge in [0, 0.05) is 22.9 Å². The first-order valence-electron chi connectivity index (χ1n) is 13.2. The van der Waals surface area contributed by atoms with E-state index in [1.807, 2.05) is 12.1 Å². The van der Waals surface area contributed by atoms with Crippen molar-refractivity contribution in [3.05, 3.63) is 70.1 Å². The third kappa shape index (κ3) is 4.50. The van der Waals surface area contributed by atoms with Crippen molar-refractivity contribution in [2.45, 2.75) is 64.3 Å². The second-order valence-electron chi connectivity index (χ2n) is 11.3. The van der Waals surface area contributed by atoms with Crippen LogP contribution in [-0.2, 0) is 11.3 Å². The van der Waals surface area contributed by atoms with E-state index in [0.717, 1.165) is 62.5 Å². The molecule has 5 nitrogen and oxygen atoms in total. The zero-order valence-corrected chi connectivity index (χ0v) is 21.4. The average Bonchev–Trinajstić information content (AvgIpc) is 3.24. The van der Waals surface area contributed by atoms with Crippen LogP contribution in [-0.4, -0.2) is 26.6 Å². The number of aliphatic carboxylic acids is 1. The van der Waals surface area contributed by atoms with Gasteiger partial charge in [0.15, 0.2) is 5.78 Å². The molecule has 2 aromatic carbocycles. The Morgan fingerprint density at radius 2 is 1.95 bits per heavy atom. The Labute approximate surface area is 220 Å². The number of nitrogens with zero attached hydrogens (tertiary/aromatic N) is 2. The van der Waals surface area contributed by atoms with E-state index >= 15 is 4.39 Å². The summed E-state index contributed by atoms with van der Waals surface area (Å²) in [6.07, 6.45) is 11.7. The summed E-state index contributed by atoms with van der Waals surface area (Å²) in [4.78, 5) is 24.5. The molecule has 3 aliphatic rings. The van der Waals surface area contributed by atoms with Crippen molar-refractivity contribution in [3.8, 4) is 0 Å². The van der Waals surface area contributed by atoms with E-state index in [9.17, 15) is 14.7 Å². The van der Waals surface area contributed by atoms with Gasteiger partial charge in [0.25, 0.3) is 0 Å². The lowest BCUT2D eigenvalue weighted by atomic mass is 9.47. The van der Waals surface area contributed by atoms with Gasteiger partial charge in [-0.15, -0.1) is 0 Å². The molecule has 1 aromatic heterocycles. The standard InChI is InChI=1S/C30H30ClFN2O3/c31-25-9-8-23(27(35)11-19-12-30(13-19)14-21(15-30)29(36)37)28-24(25)16-33-34(28)17-18-6-7-22(26(32)10-18)20-4-2-1-3-5-20/h4,6-10,16,19,21H,1-3,5,11-15,17H2,(H,36,37). The molecule has 6 rings (SSSR count). The zero-order chi connectivity index (χ0) is 25.7. The molecule has 0 unspecified atom stereocenters. The Morgan fingerprint density at radius 1 is 1.14 bits per heavy atom. The molecule has 1 heterocycles. The summed E-state index contributed by atoms with van der Waals surface area (Å²) in [5.41, 5.74) is 3.93. The van der Waals surface area contributed by atoms with E-state index in [-0.39, 0.29) is 28.9 Å². The van der Waals surface area contributed by atoms with Crippen molar-refractivity contribution in [3.63, 3.8) is 0 Å². The van der Waals surface area contributed by atoms with Crippen LogP contribution in [0.2, 0.25) is 5.02 Å². The number of halogens is 2. The number of aromatic nitrogens is 2. The Hall–Kier alpha value is -2.99. The van der Waals surface area contributed by atoms with Gasteiger partial charge in [0.05, 0.1) is 29.2 Å². The maximum absolute atomic E-state index is 15.0. The molecule has 0 bridgehead atoms. The molecule has 0 saturated heterocycles. The predicted octanol–water partition coefficient (Wildman–Crippen LogP) is 7.30. The van der Waals surface area contributed by atoms with Crippen LogP contribution in [0.5, 0.6) is 0 Å². The lowest BCUT2D eigenvalue weighted by Crippen LogP contribution is -2.50. The van der Waals surface area contributed by atoms with Gasteiger partial charge in [-0.25, -0.2) is 4.39 Å². The van der Waals surface area contributed by atoms with Crippen LogP contribution in [0.3, 0.4) is 0 Å². The van der Waals surface area contributed by atoms with Crippen LogP contribution < -0.4 is 0 Å². The highest BCUT2D eigenvalue weighted by molar-refractivity contribution is 6.36. The molecule has 1 spiro atoms. The minimum Gasteiger partial charge on any atom is -0.481 e. The number of hydrogen-bond acceptors (Lipinski definition) is 3. The van der Waals surface area contributed by atoms with Gasteiger partial charge in [0.2, 0.25) is 0 Å². The highest BCUT2D eigenvalue weighted by Gasteiger charge is 2.54. The Balaban J connectivity index is 1.20. The third-order valence-corrected chi connectivity index (χ3v) is 9.01. The Bertz CT molecular complexity index is 1430. The average molecular weight is 521 g/mol. The minimum atomic E-state index is -0.706. The summed E-state index contributed by atoms with van der Waals surface area (Å²) in [5, 5.41) is 14.9. The molecule has 2 saturated carbocycles. The van der Waals surface area contributed by atoms with E-state index in [1.54, 1.807) is 29.1 Å². The zero-order valence-electron chi connectivity index (χ0n) is 20.7. The highest BCUT2D eigenvalue weighted by Crippen LogP contribution is 2.62. The fraction of sp³-hybridized carbons (Fsp3) is 0.433. The summed E-state index contributed by atoms with van der Waals surface area (Å²) >= 11 is 6.45. The highest BCUT2D eigenvalue weighted by atomic mass is 35.5. The number of ketones is 1. The van der Waals surface area contributed by atoms with Crippen molar-refractivity contribution in [1.82, 2.24) is 9.78 Å². The summed E-state index contributed by atoms with van der Waals surface area (Å²) in [5.74, 6) is -0.831. The molecule has 37 heavy (non-hydrogen) atoms. The first-order chi connectivity index (χ1) is 17.8. The molecule has 7 heteroatoms. The predicted molar refractivity (Wildman–Crippen MR) is 141 cm³/mol. The maximum atomic E-state index is 15.0. The summed E-state index contributed by atoms with van der Waals surface area (Å²) in [6.45, 7) is 0.337. The van der Waals surface area contributed by atoms with E-state index in [0.29, 0.717) is 40.0 Å². The summed E-state index contributed by atoms with van der Waals surface area (Å²) in [6, 6.07) is 8.86. The lowest BCUT2D eigenvalue weighted by Gasteiger charge is -2.56. The van der Waals surface area contributed by atoms with Crippen molar-refractivity contribution in [2.75, 3.05) is 0 Å². The topological polar surface area (TPSA) is 72.2 Å². The summed E-state index contributed by atoms with van der Waals surface area (Å²) < 4.78 is 16.8. The van der Waals surface area contributed by atoms with E-state index in [1.165, 1.54) is 0 Å². The van der Waals surface area contributed by atoms with Crippen LogP contribution >= 0.6 is 11.6 Å². The van der Waals surface area contributed by atoms with Crippen LogP contribution in [0.1, 0.15) is 79.3 Å². The second-order valence-corrected chi connectivity index (χ2v) is 11.7. The van der Waals surface area contributed by atoms with Crippen LogP contribution in [0.15, 0.2) is 42.6 Å². The Morgan fingerprint density at radius 3 is 2.65 bits per heavy atom. The van der Waals surface area contributed by atoms with Gasteiger partial charge in [-0.1, -0.05) is 29.8 Å². The van der Waals surface area contributed by atoms with E-state index in [4.69, 9.17) is 11.6 Å². The molecule has 0 atom stereocenters. The molecular weight excluding hydrogens is 491 g/mol.